The van der Waals surface area contributed by atoms with E-state index in [0.29, 0.717) is 36.6 Å². The van der Waals surface area contributed by atoms with Crippen molar-refractivity contribution in [2.24, 2.45) is 5.92 Å². The van der Waals surface area contributed by atoms with Crippen molar-refractivity contribution in [1.29, 1.82) is 0 Å². The molecule has 1 amide bonds. The molecule has 0 bridgehead atoms. The standard InChI is InChI=1S/C18H21N3O4/c22-16(20-13-7-5-12(6-8-13)18(24)25)9-10-21-11-19-15-4-2-1-3-14(15)17(21)23/h1-4,11-13H,5-10H2,(H,20,22)(H,24,25). The van der Waals surface area contributed by atoms with Gasteiger partial charge in [-0.2, -0.15) is 0 Å². The highest BCUT2D eigenvalue weighted by atomic mass is 16.4. The molecule has 0 saturated heterocycles. The fraction of sp³-hybridized carbons (Fsp3) is 0.444. The van der Waals surface area contributed by atoms with E-state index < -0.39 is 5.97 Å². The number of nitrogens with zero attached hydrogens (tertiary/aromatic N) is 2. The molecule has 132 valence electrons. The highest BCUT2D eigenvalue weighted by molar-refractivity contribution is 5.77. The zero-order valence-corrected chi connectivity index (χ0v) is 13.9. The quantitative estimate of drug-likeness (QED) is 0.858. The second-order valence-corrected chi connectivity index (χ2v) is 6.46. The van der Waals surface area contributed by atoms with E-state index in [1.54, 1.807) is 18.2 Å². The molecule has 1 aromatic heterocycles. The number of amides is 1. The number of benzene rings is 1. The van der Waals surface area contributed by atoms with Crippen molar-refractivity contribution >= 4 is 22.8 Å². The summed E-state index contributed by atoms with van der Waals surface area (Å²) >= 11 is 0. The van der Waals surface area contributed by atoms with Crippen LogP contribution >= 0.6 is 0 Å². The Kier molecular flexibility index (Phi) is 5.11. The van der Waals surface area contributed by atoms with E-state index in [0.717, 1.165) is 0 Å². The molecule has 0 radical (unpaired) electrons. The smallest absolute Gasteiger partial charge is 0.306 e. The molecule has 0 aliphatic heterocycles. The molecule has 2 aromatic rings. The van der Waals surface area contributed by atoms with Crippen molar-refractivity contribution < 1.29 is 14.7 Å². The number of carbonyl (C=O) groups is 2. The van der Waals surface area contributed by atoms with Gasteiger partial charge in [0.2, 0.25) is 5.91 Å². The molecule has 0 spiro atoms. The predicted molar refractivity (Wildman–Crippen MR) is 92.1 cm³/mol. The van der Waals surface area contributed by atoms with E-state index in [9.17, 15) is 14.4 Å². The number of carboxylic acid groups (broad SMARTS) is 1. The number of rotatable bonds is 5. The van der Waals surface area contributed by atoms with Crippen molar-refractivity contribution in [3.63, 3.8) is 0 Å². The SMILES string of the molecule is O=C(CCn1cnc2ccccc2c1=O)NC1CCC(C(=O)O)CC1. The first-order valence-electron chi connectivity index (χ1n) is 8.51. The highest BCUT2D eigenvalue weighted by Gasteiger charge is 2.26. The summed E-state index contributed by atoms with van der Waals surface area (Å²) in [6.45, 7) is 0.271. The minimum atomic E-state index is -0.757. The largest absolute Gasteiger partial charge is 0.481 e. The topological polar surface area (TPSA) is 101 Å². The Morgan fingerprint density at radius 3 is 2.64 bits per heavy atom. The summed E-state index contributed by atoms with van der Waals surface area (Å²) in [7, 11) is 0. The normalized spacial score (nSPS) is 20.3. The highest BCUT2D eigenvalue weighted by Crippen LogP contribution is 2.24. The van der Waals surface area contributed by atoms with Gasteiger partial charge in [0.25, 0.3) is 5.56 Å². The van der Waals surface area contributed by atoms with Gasteiger partial charge in [-0.25, -0.2) is 4.98 Å². The van der Waals surface area contributed by atoms with E-state index in [2.05, 4.69) is 10.3 Å². The van der Waals surface area contributed by atoms with E-state index in [-0.39, 0.29) is 36.4 Å². The van der Waals surface area contributed by atoms with Gasteiger partial charge in [-0.15, -0.1) is 0 Å². The van der Waals surface area contributed by atoms with E-state index >= 15 is 0 Å². The molecule has 1 aromatic carbocycles. The number of hydrogen-bond donors (Lipinski definition) is 2. The Bertz CT molecular complexity index is 838. The third-order valence-electron chi connectivity index (χ3n) is 4.75. The van der Waals surface area contributed by atoms with Crippen molar-refractivity contribution in [2.75, 3.05) is 0 Å². The summed E-state index contributed by atoms with van der Waals surface area (Å²) in [5.74, 6) is -1.18. The second-order valence-electron chi connectivity index (χ2n) is 6.46. The Hall–Kier alpha value is -2.70. The maximum Gasteiger partial charge on any atom is 0.306 e. The van der Waals surface area contributed by atoms with Crippen LogP contribution in [0.25, 0.3) is 10.9 Å². The molecular weight excluding hydrogens is 322 g/mol. The van der Waals surface area contributed by atoms with Crippen molar-refractivity contribution in [2.45, 2.75) is 44.7 Å². The van der Waals surface area contributed by atoms with Gasteiger partial charge in [0, 0.05) is 19.0 Å². The Balaban J connectivity index is 1.54. The third-order valence-corrected chi connectivity index (χ3v) is 4.75. The van der Waals surface area contributed by atoms with Gasteiger partial charge in [-0.05, 0) is 37.8 Å². The lowest BCUT2D eigenvalue weighted by atomic mass is 9.86. The summed E-state index contributed by atoms with van der Waals surface area (Å²) in [5.41, 5.74) is 0.490. The molecule has 0 unspecified atom stereocenters. The molecule has 1 saturated carbocycles. The monoisotopic (exact) mass is 343 g/mol. The van der Waals surface area contributed by atoms with Crippen LogP contribution in [0.5, 0.6) is 0 Å². The van der Waals surface area contributed by atoms with Crippen molar-refractivity contribution in [1.82, 2.24) is 14.9 Å². The van der Waals surface area contributed by atoms with Gasteiger partial charge in [-0.3, -0.25) is 19.0 Å². The van der Waals surface area contributed by atoms with Crippen LogP contribution in [-0.4, -0.2) is 32.6 Å². The van der Waals surface area contributed by atoms with Gasteiger partial charge < -0.3 is 10.4 Å². The van der Waals surface area contributed by atoms with E-state index in [1.807, 2.05) is 6.07 Å². The summed E-state index contributed by atoms with van der Waals surface area (Å²) < 4.78 is 1.45. The third kappa shape index (κ3) is 4.04. The molecular formula is C18H21N3O4. The minimum absolute atomic E-state index is 0.0227. The summed E-state index contributed by atoms with van der Waals surface area (Å²) in [5, 5.41) is 12.5. The number of para-hydroxylation sites is 1. The average molecular weight is 343 g/mol. The van der Waals surface area contributed by atoms with Crippen LogP contribution in [0.15, 0.2) is 35.4 Å². The van der Waals surface area contributed by atoms with Gasteiger partial charge in [-0.1, -0.05) is 12.1 Å². The molecule has 0 atom stereocenters. The van der Waals surface area contributed by atoms with Crippen molar-refractivity contribution in [3.8, 4) is 0 Å². The van der Waals surface area contributed by atoms with Gasteiger partial charge in [0.15, 0.2) is 0 Å². The Labute approximate surface area is 144 Å². The first kappa shape index (κ1) is 17.1. The molecule has 25 heavy (non-hydrogen) atoms. The molecule has 7 nitrogen and oxygen atoms in total. The zero-order valence-electron chi connectivity index (χ0n) is 13.9. The molecule has 1 aliphatic rings. The number of aromatic nitrogens is 2. The lowest BCUT2D eigenvalue weighted by molar-refractivity contribution is -0.142. The van der Waals surface area contributed by atoms with Crippen LogP contribution in [-0.2, 0) is 16.1 Å². The fourth-order valence-corrected chi connectivity index (χ4v) is 3.27. The van der Waals surface area contributed by atoms with Crippen LogP contribution in [0.4, 0.5) is 0 Å². The summed E-state index contributed by atoms with van der Waals surface area (Å²) in [4.78, 5) is 39.7. The number of nitrogens with one attached hydrogen (secondary N) is 1. The van der Waals surface area contributed by atoms with Gasteiger partial charge in [0.05, 0.1) is 23.1 Å². The maximum absolute atomic E-state index is 12.4. The van der Waals surface area contributed by atoms with Gasteiger partial charge in [0.1, 0.15) is 0 Å². The Morgan fingerprint density at radius 1 is 1.20 bits per heavy atom. The molecule has 2 N–H and O–H groups in total. The number of aliphatic carboxylic acids is 1. The molecule has 3 rings (SSSR count). The number of carbonyl (C=O) groups excluding carboxylic acids is 1. The number of carboxylic acids is 1. The number of aryl methyl sites for hydroxylation is 1. The average Bonchev–Trinajstić information content (AvgIpc) is 2.62. The second kappa shape index (κ2) is 7.46. The predicted octanol–water partition coefficient (Wildman–Crippen LogP) is 1.55. The summed E-state index contributed by atoms with van der Waals surface area (Å²) in [6, 6.07) is 7.14. The first-order valence-corrected chi connectivity index (χ1v) is 8.51. The van der Waals surface area contributed by atoms with Crippen LogP contribution in [0.1, 0.15) is 32.1 Å². The Morgan fingerprint density at radius 2 is 1.92 bits per heavy atom. The first-order chi connectivity index (χ1) is 12.0. The number of hydrogen-bond acceptors (Lipinski definition) is 4. The lowest BCUT2D eigenvalue weighted by Gasteiger charge is -2.26. The van der Waals surface area contributed by atoms with Crippen LogP contribution < -0.4 is 10.9 Å². The van der Waals surface area contributed by atoms with Gasteiger partial charge >= 0.3 is 5.97 Å². The van der Waals surface area contributed by atoms with Crippen LogP contribution in [0.3, 0.4) is 0 Å². The minimum Gasteiger partial charge on any atom is -0.481 e. The molecule has 7 heteroatoms. The number of fused-ring (bicyclic) bond motifs is 1. The maximum atomic E-state index is 12.4. The van der Waals surface area contributed by atoms with E-state index in [1.165, 1.54) is 10.9 Å². The van der Waals surface area contributed by atoms with Crippen LogP contribution in [0.2, 0.25) is 0 Å². The summed E-state index contributed by atoms with van der Waals surface area (Å²) in [6.07, 6.45) is 4.21. The lowest BCUT2D eigenvalue weighted by Crippen LogP contribution is -2.39. The fourth-order valence-electron chi connectivity index (χ4n) is 3.27. The van der Waals surface area contributed by atoms with E-state index in [4.69, 9.17) is 5.11 Å². The molecule has 1 heterocycles. The zero-order chi connectivity index (χ0) is 17.8. The van der Waals surface area contributed by atoms with Crippen molar-refractivity contribution in [3.05, 3.63) is 40.9 Å². The molecule has 1 aliphatic carbocycles. The van der Waals surface area contributed by atoms with Crippen LogP contribution in [0, 0.1) is 5.92 Å². The molecule has 1 fully saturated rings.